The van der Waals surface area contributed by atoms with Gasteiger partial charge in [0.1, 0.15) is 11.5 Å². The molecule has 2 heterocycles. The fraction of sp³-hybridized carbons (Fsp3) is 0.529. The summed E-state index contributed by atoms with van der Waals surface area (Å²) in [7, 11) is 1.81. The van der Waals surface area contributed by atoms with E-state index in [2.05, 4.69) is 10.4 Å². The normalized spacial score (nSPS) is 25.0. The molecule has 0 aromatic carbocycles. The van der Waals surface area contributed by atoms with E-state index in [4.69, 9.17) is 10.2 Å². The van der Waals surface area contributed by atoms with Crippen LogP contribution in [0.2, 0.25) is 0 Å². The van der Waals surface area contributed by atoms with Crippen molar-refractivity contribution in [3.05, 3.63) is 29.7 Å². The molecule has 2 aromatic rings. The number of aryl methyl sites for hydroxylation is 2. The highest BCUT2D eigenvalue weighted by molar-refractivity contribution is 5.99. The molecule has 0 radical (unpaired) electrons. The molecule has 2 aromatic heterocycles. The number of carbonyl (C=O) groups excluding carboxylic acids is 1. The SMILES string of the molecule is Cc1ccc(-c2nn(C)cc2C(=O)NC2CC(N)C23CCC3)o1. The minimum absolute atomic E-state index is 0.0923. The molecule has 122 valence electrons. The number of carbonyl (C=O) groups is 1. The first kappa shape index (κ1) is 14.5. The topological polar surface area (TPSA) is 86.1 Å². The third-order valence-corrected chi connectivity index (χ3v) is 5.56. The van der Waals surface area contributed by atoms with Crippen LogP contribution in [0.25, 0.3) is 11.5 Å². The Labute approximate surface area is 135 Å². The quantitative estimate of drug-likeness (QED) is 0.907. The summed E-state index contributed by atoms with van der Waals surface area (Å²) in [5.74, 6) is 1.33. The first-order valence-electron chi connectivity index (χ1n) is 8.16. The lowest BCUT2D eigenvalue weighted by atomic mass is 9.50. The van der Waals surface area contributed by atoms with Crippen LogP contribution in [0, 0.1) is 12.3 Å². The van der Waals surface area contributed by atoms with Gasteiger partial charge in [-0.3, -0.25) is 9.48 Å². The van der Waals surface area contributed by atoms with Gasteiger partial charge in [0.25, 0.3) is 5.91 Å². The first-order valence-corrected chi connectivity index (χ1v) is 8.16. The molecule has 6 nitrogen and oxygen atoms in total. The molecule has 0 aliphatic heterocycles. The van der Waals surface area contributed by atoms with Gasteiger partial charge in [-0.25, -0.2) is 0 Å². The Kier molecular flexibility index (Phi) is 3.13. The third-order valence-electron chi connectivity index (χ3n) is 5.56. The Balaban J connectivity index is 1.57. The predicted molar refractivity (Wildman–Crippen MR) is 85.8 cm³/mol. The van der Waals surface area contributed by atoms with Gasteiger partial charge >= 0.3 is 0 Å². The molecule has 3 N–H and O–H groups in total. The summed E-state index contributed by atoms with van der Waals surface area (Å²) in [4.78, 5) is 12.7. The maximum absolute atomic E-state index is 12.7. The number of furan rings is 1. The van der Waals surface area contributed by atoms with E-state index < -0.39 is 0 Å². The molecular formula is C17H22N4O2. The van der Waals surface area contributed by atoms with Crippen LogP contribution in [0.1, 0.15) is 41.8 Å². The zero-order chi connectivity index (χ0) is 16.2. The van der Waals surface area contributed by atoms with E-state index in [9.17, 15) is 4.79 Å². The molecule has 4 rings (SSSR count). The largest absolute Gasteiger partial charge is 0.460 e. The van der Waals surface area contributed by atoms with Crippen molar-refractivity contribution in [2.45, 2.75) is 44.7 Å². The lowest BCUT2D eigenvalue weighted by Crippen LogP contribution is -2.69. The molecule has 2 fully saturated rings. The second kappa shape index (κ2) is 4.96. The van der Waals surface area contributed by atoms with Gasteiger partial charge in [-0.15, -0.1) is 0 Å². The van der Waals surface area contributed by atoms with Gasteiger partial charge in [0.15, 0.2) is 5.76 Å². The van der Waals surface area contributed by atoms with Crippen molar-refractivity contribution in [2.24, 2.45) is 18.2 Å². The summed E-state index contributed by atoms with van der Waals surface area (Å²) in [5, 5.41) is 7.56. The van der Waals surface area contributed by atoms with Gasteiger partial charge in [0.2, 0.25) is 0 Å². The van der Waals surface area contributed by atoms with Crippen molar-refractivity contribution in [3.63, 3.8) is 0 Å². The molecule has 6 heteroatoms. The fourth-order valence-electron chi connectivity index (χ4n) is 3.96. The summed E-state index contributed by atoms with van der Waals surface area (Å²) in [6.45, 7) is 1.88. The van der Waals surface area contributed by atoms with Crippen LogP contribution in [0.3, 0.4) is 0 Å². The van der Waals surface area contributed by atoms with Crippen molar-refractivity contribution >= 4 is 5.91 Å². The number of nitrogens with two attached hydrogens (primary N) is 1. The van der Waals surface area contributed by atoms with Crippen molar-refractivity contribution < 1.29 is 9.21 Å². The number of rotatable bonds is 3. The number of nitrogens with zero attached hydrogens (tertiary/aromatic N) is 2. The van der Waals surface area contributed by atoms with E-state index in [0.29, 0.717) is 17.0 Å². The molecule has 2 saturated carbocycles. The Bertz CT molecular complexity index is 756. The molecule has 0 saturated heterocycles. The highest BCUT2D eigenvalue weighted by Gasteiger charge is 2.57. The Hall–Kier alpha value is -2.08. The highest BCUT2D eigenvalue weighted by atomic mass is 16.3. The fourth-order valence-corrected chi connectivity index (χ4v) is 3.96. The molecular weight excluding hydrogens is 292 g/mol. The third kappa shape index (κ3) is 2.12. The number of amides is 1. The van der Waals surface area contributed by atoms with E-state index in [0.717, 1.165) is 25.0 Å². The summed E-state index contributed by atoms with van der Waals surface area (Å²) in [5.41, 5.74) is 7.45. The second-order valence-electron chi connectivity index (χ2n) is 6.93. The minimum atomic E-state index is -0.0923. The van der Waals surface area contributed by atoms with Gasteiger partial charge in [-0.1, -0.05) is 6.42 Å². The minimum Gasteiger partial charge on any atom is -0.460 e. The van der Waals surface area contributed by atoms with Crippen LogP contribution < -0.4 is 11.1 Å². The van der Waals surface area contributed by atoms with E-state index >= 15 is 0 Å². The van der Waals surface area contributed by atoms with Gasteiger partial charge in [0.05, 0.1) is 5.56 Å². The number of hydrogen-bond acceptors (Lipinski definition) is 4. The highest BCUT2D eigenvalue weighted by Crippen LogP contribution is 2.55. The summed E-state index contributed by atoms with van der Waals surface area (Å²) < 4.78 is 7.28. The lowest BCUT2D eigenvalue weighted by molar-refractivity contribution is -0.0389. The molecule has 2 aliphatic rings. The van der Waals surface area contributed by atoms with Crippen LogP contribution >= 0.6 is 0 Å². The standard InChI is InChI=1S/C17H22N4O2/c1-10-4-5-12(23-10)15-11(9-21(2)20-15)16(22)19-14-8-13(18)17(14)6-3-7-17/h4-5,9,13-14H,3,6-8,18H2,1-2H3,(H,19,22). The molecule has 2 unspecified atom stereocenters. The van der Waals surface area contributed by atoms with Gasteiger partial charge in [-0.05, 0) is 38.3 Å². The molecule has 1 spiro atoms. The zero-order valence-corrected chi connectivity index (χ0v) is 13.5. The maximum Gasteiger partial charge on any atom is 0.255 e. The maximum atomic E-state index is 12.7. The van der Waals surface area contributed by atoms with Crippen molar-refractivity contribution in [1.29, 1.82) is 0 Å². The smallest absolute Gasteiger partial charge is 0.255 e. The predicted octanol–water partition coefficient (Wildman–Crippen LogP) is 1.99. The molecule has 1 amide bonds. The van der Waals surface area contributed by atoms with Crippen molar-refractivity contribution in [2.75, 3.05) is 0 Å². The van der Waals surface area contributed by atoms with Gasteiger partial charge in [0, 0.05) is 30.7 Å². The van der Waals surface area contributed by atoms with Gasteiger partial charge < -0.3 is 15.5 Å². The second-order valence-corrected chi connectivity index (χ2v) is 6.93. The Morgan fingerprint density at radius 2 is 2.26 bits per heavy atom. The Morgan fingerprint density at radius 1 is 1.48 bits per heavy atom. The van der Waals surface area contributed by atoms with Gasteiger partial charge in [-0.2, -0.15) is 5.10 Å². The summed E-state index contributed by atoms with van der Waals surface area (Å²) in [6.07, 6.45) is 6.06. The first-order chi connectivity index (χ1) is 11.0. The Morgan fingerprint density at radius 3 is 2.83 bits per heavy atom. The molecule has 0 bridgehead atoms. The van der Waals surface area contributed by atoms with Crippen LogP contribution in [0.4, 0.5) is 0 Å². The van der Waals surface area contributed by atoms with E-state index in [1.807, 2.05) is 26.1 Å². The van der Waals surface area contributed by atoms with Crippen molar-refractivity contribution in [1.82, 2.24) is 15.1 Å². The number of nitrogens with one attached hydrogen (secondary N) is 1. The van der Waals surface area contributed by atoms with Crippen molar-refractivity contribution in [3.8, 4) is 11.5 Å². The van der Waals surface area contributed by atoms with E-state index in [1.165, 1.54) is 6.42 Å². The molecule has 2 aliphatic carbocycles. The molecule has 23 heavy (non-hydrogen) atoms. The monoisotopic (exact) mass is 314 g/mol. The number of aromatic nitrogens is 2. The summed E-state index contributed by atoms with van der Waals surface area (Å²) >= 11 is 0. The van der Waals surface area contributed by atoms with Crippen LogP contribution in [0.5, 0.6) is 0 Å². The zero-order valence-electron chi connectivity index (χ0n) is 13.5. The van der Waals surface area contributed by atoms with E-state index in [1.54, 1.807) is 10.9 Å². The van der Waals surface area contributed by atoms with Crippen LogP contribution in [-0.2, 0) is 7.05 Å². The van der Waals surface area contributed by atoms with E-state index in [-0.39, 0.29) is 23.4 Å². The average molecular weight is 314 g/mol. The number of hydrogen-bond donors (Lipinski definition) is 2. The van der Waals surface area contributed by atoms with Crippen LogP contribution in [-0.4, -0.2) is 27.8 Å². The average Bonchev–Trinajstić information content (AvgIpc) is 3.02. The lowest BCUT2D eigenvalue weighted by Gasteiger charge is -2.60. The molecule has 2 atom stereocenters. The summed E-state index contributed by atoms with van der Waals surface area (Å²) in [6, 6.07) is 4.13. The van der Waals surface area contributed by atoms with Crippen LogP contribution in [0.15, 0.2) is 22.7 Å².